The molecule has 6 nitrogen and oxygen atoms in total. The van der Waals surface area contributed by atoms with Crippen LogP contribution in [0.1, 0.15) is 89.2 Å². The maximum Gasteiger partial charge on any atom is 0.214 e. The summed E-state index contributed by atoms with van der Waals surface area (Å²) in [7, 11) is -6.58. The SMILES string of the molecule is CC(C)S(=O)(=O)NC1CCCC1c1ccc(-c2ccc(C3CCCC3NS(=O)(=O)C(C)C)cc2)cc1. The number of rotatable bonds is 9. The Morgan fingerprint density at radius 3 is 1.22 bits per heavy atom. The molecule has 4 atom stereocenters. The van der Waals surface area contributed by atoms with E-state index >= 15 is 0 Å². The van der Waals surface area contributed by atoms with Gasteiger partial charge in [-0.05, 0) is 75.6 Å². The molecule has 0 aliphatic heterocycles. The molecule has 0 heterocycles. The number of nitrogens with one attached hydrogen (secondary N) is 2. The molecule has 0 saturated heterocycles. The molecule has 2 aromatic rings. The number of sulfonamides is 2. The third-order valence-corrected chi connectivity index (χ3v) is 11.7. The summed E-state index contributed by atoms with van der Waals surface area (Å²) in [5, 5.41) is -0.863. The summed E-state index contributed by atoms with van der Waals surface area (Å²) < 4.78 is 55.5. The Balaban J connectivity index is 1.45. The van der Waals surface area contributed by atoms with Gasteiger partial charge in [0, 0.05) is 23.9 Å². The minimum atomic E-state index is -3.29. The lowest BCUT2D eigenvalue weighted by atomic mass is 9.91. The van der Waals surface area contributed by atoms with Crippen molar-refractivity contribution in [2.45, 2.75) is 101 Å². The lowest BCUT2D eigenvalue weighted by Crippen LogP contribution is -2.40. The molecule has 0 spiro atoms. The average molecular weight is 533 g/mol. The van der Waals surface area contributed by atoms with E-state index < -0.39 is 30.5 Å². The predicted octanol–water partition coefficient (Wildman–Crippen LogP) is 5.28. The van der Waals surface area contributed by atoms with Crippen molar-refractivity contribution in [3.05, 3.63) is 59.7 Å². The largest absolute Gasteiger partial charge is 0.214 e. The maximum absolute atomic E-state index is 12.4. The van der Waals surface area contributed by atoms with Gasteiger partial charge >= 0.3 is 0 Å². The van der Waals surface area contributed by atoms with E-state index in [1.165, 1.54) is 11.1 Å². The topological polar surface area (TPSA) is 92.3 Å². The molecule has 0 amide bonds. The lowest BCUT2D eigenvalue weighted by Gasteiger charge is -2.23. The lowest BCUT2D eigenvalue weighted by molar-refractivity contribution is 0.518. The van der Waals surface area contributed by atoms with Crippen molar-refractivity contribution in [3.8, 4) is 11.1 Å². The third-order valence-electron chi connectivity index (χ3n) is 7.92. The van der Waals surface area contributed by atoms with Crippen molar-refractivity contribution in [1.29, 1.82) is 0 Å². The van der Waals surface area contributed by atoms with Crippen LogP contribution < -0.4 is 9.44 Å². The van der Waals surface area contributed by atoms with Crippen LogP contribution >= 0.6 is 0 Å². The van der Waals surface area contributed by atoms with Crippen molar-refractivity contribution >= 4 is 20.0 Å². The highest BCUT2D eigenvalue weighted by atomic mass is 32.2. The smallest absolute Gasteiger partial charge is 0.212 e. The zero-order chi connectivity index (χ0) is 26.1. The van der Waals surface area contributed by atoms with Gasteiger partial charge in [-0.2, -0.15) is 0 Å². The Hall–Kier alpha value is -1.74. The summed E-state index contributed by atoms with van der Waals surface area (Å²) in [6, 6.07) is 16.9. The van der Waals surface area contributed by atoms with Crippen LogP contribution in [-0.2, 0) is 20.0 Å². The molecule has 4 unspecified atom stereocenters. The van der Waals surface area contributed by atoms with Crippen molar-refractivity contribution < 1.29 is 16.8 Å². The molecule has 2 aliphatic carbocycles. The van der Waals surface area contributed by atoms with Crippen LogP contribution in [0.15, 0.2) is 48.5 Å². The van der Waals surface area contributed by atoms with Gasteiger partial charge in [0.05, 0.1) is 10.5 Å². The van der Waals surface area contributed by atoms with E-state index in [9.17, 15) is 16.8 Å². The van der Waals surface area contributed by atoms with Crippen molar-refractivity contribution in [2.24, 2.45) is 0 Å². The summed E-state index contributed by atoms with van der Waals surface area (Å²) in [4.78, 5) is 0. The highest BCUT2D eigenvalue weighted by molar-refractivity contribution is 7.90. The fourth-order valence-electron chi connectivity index (χ4n) is 5.54. The molecule has 0 aromatic heterocycles. The fraction of sp³-hybridized carbons (Fsp3) is 0.571. The van der Waals surface area contributed by atoms with Gasteiger partial charge in [0.25, 0.3) is 0 Å². The van der Waals surface area contributed by atoms with Crippen LogP contribution in [0.2, 0.25) is 0 Å². The van der Waals surface area contributed by atoms with E-state index in [0.29, 0.717) is 0 Å². The highest BCUT2D eigenvalue weighted by Gasteiger charge is 2.34. The Bertz CT molecular complexity index is 1140. The average Bonchev–Trinajstić information content (AvgIpc) is 3.48. The van der Waals surface area contributed by atoms with Crippen LogP contribution in [0.4, 0.5) is 0 Å². The van der Waals surface area contributed by atoms with Crippen LogP contribution in [0.25, 0.3) is 11.1 Å². The Morgan fingerprint density at radius 2 is 0.917 bits per heavy atom. The second kappa shape index (κ2) is 10.9. The zero-order valence-corrected chi connectivity index (χ0v) is 23.4. The molecule has 0 radical (unpaired) electrons. The highest BCUT2D eigenvalue weighted by Crippen LogP contribution is 2.38. The molecule has 2 aliphatic rings. The summed E-state index contributed by atoms with van der Waals surface area (Å²) in [6.45, 7) is 6.85. The van der Waals surface area contributed by atoms with E-state index in [2.05, 4.69) is 58.0 Å². The first kappa shape index (κ1) is 27.3. The van der Waals surface area contributed by atoms with Crippen LogP contribution in [0.3, 0.4) is 0 Å². The Kier molecular flexibility index (Phi) is 8.29. The third kappa shape index (κ3) is 6.04. The molecule has 2 saturated carbocycles. The van der Waals surface area contributed by atoms with Gasteiger partial charge < -0.3 is 0 Å². The van der Waals surface area contributed by atoms with Gasteiger partial charge in [-0.15, -0.1) is 0 Å². The van der Waals surface area contributed by atoms with Crippen molar-refractivity contribution in [2.75, 3.05) is 0 Å². The maximum atomic E-state index is 12.4. The van der Waals surface area contributed by atoms with Gasteiger partial charge in [0.2, 0.25) is 20.0 Å². The summed E-state index contributed by atoms with van der Waals surface area (Å²) in [5.74, 6) is 0.396. The predicted molar refractivity (Wildman–Crippen MR) is 147 cm³/mol. The first-order valence-electron chi connectivity index (χ1n) is 13.2. The minimum absolute atomic E-state index is 0.0463. The van der Waals surface area contributed by atoms with E-state index in [0.717, 1.165) is 49.7 Å². The van der Waals surface area contributed by atoms with Crippen molar-refractivity contribution in [3.63, 3.8) is 0 Å². The number of benzene rings is 2. The minimum Gasteiger partial charge on any atom is -0.212 e. The molecular formula is C28H40N2O4S2. The molecule has 8 heteroatoms. The van der Waals surface area contributed by atoms with Crippen LogP contribution in [-0.4, -0.2) is 39.4 Å². The molecule has 2 aromatic carbocycles. The van der Waals surface area contributed by atoms with Gasteiger partial charge in [0.15, 0.2) is 0 Å². The molecule has 36 heavy (non-hydrogen) atoms. The quantitative estimate of drug-likeness (QED) is 0.460. The summed E-state index contributed by atoms with van der Waals surface area (Å²) in [5.41, 5.74) is 4.59. The van der Waals surface area contributed by atoms with E-state index in [-0.39, 0.29) is 23.9 Å². The molecule has 2 fully saturated rings. The monoisotopic (exact) mass is 532 g/mol. The Labute approximate surface area is 217 Å². The first-order chi connectivity index (χ1) is 17.0. The molecule has 4 rings (SSSR count). The number of hydrogen-bond acceptors (Lipinski definition) is 4. The van der Waals surface area contributed by atoms with Gasteiger partial charge in [-0.1, -0.05) is 61.4 Å². The fourth-order valence-corrected chi connectivity index (χ4v) is 7.49. The standard InChI is InChI=1S/C28H40N2O4S2/c1-19(2)35(31,32)29-27-9-5-7-25(27)23-15-11-21(12-16-23)22-13-17-24(18-14-22)26-8-6-10-28(26)30-36(33,34)20(3)4/h11-20,25-30H,5-10H2,1-4H3. The summed E-state index contributed by atoms with van der Waals surface area (Å²) in [6.07, 6.45) is 5.76. The van der Waals surface area contributed by atoms with Gasteiger partial charge in [-0.3, -0.25) is 0 Å². The first-order valence-corrected chi connectivity index (χ1v) is 16.3. The van der Waals surface area contributed by atoms with Gasteiger partial charge in [0.1, 0.15) is 0 Å². The van der Waals surface area contributed by atoms with E-state index in [4.69, 9.17) is 0 Å². The normalized spacial score (nSPS) is 25.2. The molecular weight excluding hydrogens is 492 g/mol. The second-order valence-corrected chi connectivity index (χ2v) is 15.5. The summed E-state index contributed by atoms with van der Waals surface area (Å²) >= 11 is 0. The second-order valence-electron chi connectivity index (χ2n) is 11.0. The Morgan fingerprint density at radius 1 is 0.583 bits per heavy atom. The van der Waals surface area contributed by atoms with E-state index in [1.807, 2.05) is 0 Å². The molecule has 2 N–H and O–H groups in total. The molecule has 0 bridgehead atoms. The molecule has 198 valence electrons. The van der Waals surface area contributed by atoms with Crippen molar-refractivity contribution in [1.82, 2.24) is 9.44 Å². The van der Waals surface area contributed by atoms with Crippen LogP contribution in [0.5, 0.6) is 0 Å². The van der Waals surface area contributed by atoms with Crippen LogP contribution in [0, 0.1) is 0 Å². The zero-order valence-electron chi connectivity index (χ0n) is 21.8. The van der Waals surface area contributed by atoms with Gasteiger partial charge in [-0.25, -0.2) is 26.3 Å². The number of hydrogen-bond donors (Lipinski definition) is 2. The van der Waals surface area contributed by atoms with E-state index in [1.54, 1.807) is 27.7 Å².